The zero-order valence-electron chi connectivity index (χ0n) is 11.7. The van der Waals surface area contributed by atoms with E-state index < -0.39 is 16.1 Å². The molecule has 0 radical (unpaired) electrons. The molecule has 0 aromatic heterocycles. The molecule has 0 saturated carbocycles. The summed E-state index contributed by atoms with van der Waals surface area (Å²) < 4.78 is 0. The SMILES string of the molecule is C[Si](C)(C)C#C/C=C/[Se]/C=C/C#C[Si](C)(C)C. The molecule has 17 heavy (non-hydrogen) atoms. The van der Waals surface area contributed by atoms with E-state index in [1.165, 1.54) is 0 Å². The normalized spacial score (nSPS) is 12.1. The average molecular weight is 325 g/mol. The summed E-state index contributed by atoms with van der Waals surface area (Å²) in [4.78, 5) is 4.29. The van der Waals surface area contributed by atoms with E-state index in [1.807, 2.05) is 12.2 Å². The molecule has 0 spiro atoms. The van der Waals surface area contributed by atoms with Crippen molar-refractivity contribution in [3.8, 4) is 22.9 Å². The van der Waals surface area contributed by atoms with E-state index in [1.54, 1.807) is 0 Å². The molecule has 0 atom stereocenters. The molecule has 0 aliphatic heterocycles. The fourth-order valence-corrected chi connectivity index (χ4v) is 2.55. The van der Waals surface area contributed by atoms with E-state index in [-0.39, 0.29) is 0 Å². The van der Waals surface area contributed by atoms with E-state index in [9.17, 15) is 0 Å². The first kappa shape index (κ1) is 16.6. The topological polar surface area (TPSA) is 0 Å². The molecule has 0 aliphatic rings. The Hall–Kier alpha value is -0.447. The molecule has 0 amide bonds. The van der Waals surface area contributed by atoms with Gasteiger partial charge in [0.05, 0.1) is 0 Å². The summed E-state index contributed by atoms with van der Waals surface area (Å²) in [6, 6.07) is 0. The first-order valence-corrected chi connectivity index (χ1v) is 14.7. The summed E-state index contributed by atoms with van der Waals surface area (Å²) in [5.74, 6) is 6.25. The summed E-state index contributed by atoms with van der Waals surface area (Å²) in [6.07, 6.45) is 3.96. The first-order valence-electron chi connectivity index (χ1n) is 5.72. The number of hydrogen-bond acceptors (Lipinski definition) is 0. The molecule has 3 heteroatoms. The zero-order valence-corrected chi connectivity index (χ0v) is 15.4. The maximum absolute atomic E-state index is 3.31. The van der Waals surface area contributed by atoms with Crippen molar-refractivity contribution in [3.05, 3.63) is 22.1 Å². The Kier molecular flexibility index (Phi) is 7.59. The van der Waals surface area contributed by atoms with Crippen LogP contribution in [0.1, 0.15) is 0 Å². The van der Waals surface area contributed by atoms with E-state index in [0.29, 0.717) is 15.0 Å². The third-order valence-electron chi connectivity index (χ3n) is 1.35. The van der Waals surface area contributed by atoms with E-state index >= 15 is 0 Å². The van der Waals surface area contributed by atoms with Crippen molar-refractivity contribution < 1.29 is 0 Å². The summed E-state index contributed by atoms with van der Waals surface area (Å²) >= 11 is 0.391. The Morgan fingerprint density at radius 2 is 1.06 bits per heavy atom. The molecule has 0 heterocycles. The minimum absolute atomic E-state index is 0.391. The molecule has 0 N–H and O–H groups in total. The van der Waals surface area contributed by atoms with Crippen molar-refractivity contribution in [3.63, 3.8) is 0 Å². The molecule has 0 rings (SSSR count). The van der Waals surface area contributed by atoms with Crippen LogP contribution in [-0.2, 0) is 0 Å². The number of rotatable bonds is 2. The van der Waals surface area contributed by atoms with Gasteiger partial charge in [-0.2, -0.15) is 0 Å². The van der Waals surface area contributed by atoms with Gasteiger partial charge in [0.1, 0.15) is 0 Å². The average Bonchev–Trinajstić information content (AvgIpc) is 2.11. The number of allylic oxidation sites excluding steroid dienone is 2. The van der Waals surface area contributed by atoms with Crippen molar-refractivity contribution in [1.29, 1.82) is 0 Å². The van der Waals surface area contributed by atoms with Gasteiger partial charge < -0.3 is 0 Å². The Bertz CT molecular complexity index is 358. The number of hydrogen-bond donors (Lipinski definition) is 0. The third-order valence-corrected chi connectivity index (χ3v) is 4.37. The van der Waals surface area contributed by atoms with E-state index in [2.05, 4.69) is 72.2 Å². The second-order valence-electron chi connectivity index (χ2n) is 5.78. The van der Waals surface area contributed by atoms with Crippen LogP contribution in [0.15, 0.2) is 22.1 Å². The van der Waals surface area contributed by atoms with Gasteiger partial charge in [-0.15, -0.1) is 0 Å². The molecule has 0 aromatic rings. The molecule has 0 fully saturated rings. The van der Waals surface area contributed by atoms with Gasteiger partial charge in [-0.3, -0.25) is 0 Å². The third kappa shape index (κ3) is 15.6. The van der Waals surface area contributed by atoms with Crippen LogP contribution in [0.4, 0.5) is 0 Å². The fourth-order valence-electron chi connectivity index (χ4n) is 0.708. The van der Waals surface area contributed by atoms with Gasteiger partial charge >= 0.3 is 115 Å². The summed E-state index contributed by atoms with van der Waals surface area (Å²) in [5.41, 5.74) is 6.62. The molecule has 0 nitrogen and oxygen atoms in total. The summed E-state index contributed by atoms with van der Waals surface area (Å²) in [6.45, 7) is 13.5. The van der Waals surface area contributed by atoms with Crippen LogP contribution in [0, 0.1) is 22.9 Å². The van der Waals surface area contributed by atoms with Crippen LogP contribution in [0.25, 0.3) is 0 Å². The van der Waals surface area contributed by atoms with Gasteiger partial charge in [-0.25, -0.2) is 0 Å². The quantitative estimate of drug-likeness (QED) is 0.539. The van der Waals surface area contributed by atoms with Gasteiger partial charge in [0.25, 0.3) is 0 Å². The minimum atomic E-state index is -1.20. The summed E-state index contributed by atoms with van der Waals surface area (Å²) in [7, 11) is -2.40. The van der Waals surface area contributed by atoms with Crippen LogP contribution in [-0.4, -0.2) is 31.1 Å². The second kappa shape index (κ2) is 7.80. The maximum atomic E-state index is 3.31. The molecule has 92 valence electrons. The van der Waals surface area contributed by atoms with Crippen molar-refractivity contribution in [2.75, 3.05) is 0 Å². The Morgan fingerprint density at radius 3 is 1.35 bits per heavy atom. The molecule has 0 aliphatic carbocycles. The molecule has 0 unspecified atom stereocenters. The van der Waals surface area contributed by atoms with E-state index in [4.69, 9.17) is 0 Å². The Morgan fingerprint density at radius 1 is 0.706 bits per heavy atom. The molecular formula is C14H22SeSi2. The van der Waals surface area contributed by atoms with Crippen LogP contribution < -0.4 is 0 Å². The van der Waals surface area contributed by atoms with Crippen molar-refractivity contribution >= 4 is 31.1 Å². The van der Waals surface area contributed by atoms with Crippen LogP contribution >= 0.6 is 0 Å². The zero-order chi connectivity index (χ0) is 13.4. The molecule has 0 aromatic carbocycles. The second-order valence-corrected chi connectivity index (χ2v) is 17.0. The van der Waals surface area contributed by atoms with Crippen LogP contribution in [0.3, 0.4) is 0 Å². The first-order chi connectivity index (χ1) is 7.71. The monoisotopic (exact) mass is 326 g/mol. The van der Waals surface area contributed by atoms with Crippen LogP contribution in [0.5, 0.6) is 0 Å². The van der Waals surface area contributed by atoms with Gasteiger partial charge in [-0.1, -0.05) is 0 Å². The van der Waals surface area contributed by atoms with Gasteiger partial charge in [0.2, 0.25) is 0 Å². The van der Waals surface area contributed by atoms with Crippen molar-refractivity contribution in [2.45, 2.75) is 39.3 Å². The summed E-state index contributed by atoms with van der Waals surface area (Å²) in [5, 5.41) is 0. The molecule has 0 saturated heterocycles. The van der Waals surface area contributed by atoms with E-state index in [0.717, 1.165) is 0 Å². The molecule has 0 bridgehead atoms. The predicted molar refractivity (Wildman–Crippen MR) is 86.3 cm³/mol. The van der Waals surface area contributed by atoms with Gasteiger partial charge in [-0.05, 0) is 0 Å². The Balaban J connectivity index is 3.99. The predicted octanol–water partition coefficient (Wildman–Crippen LogP) is 3.48. The van der Waals surface area contributed by atoms with Crippen molar-refractivity contribution in [2.24, 2.45) is 0 Å². The van der Waals surface area contributed by atoms with Crippen molar-refractivity contribution in [1.82, 2.24) is 0 Å². The standard InChI is InChI=1S/C14H22SeSi2/c1-16(2,3)13-9-7-11-15-12-8-10-14-17(4,5)6/h7-8,11-12H,1-6H3/b11-7+,12-8+. The fraction of sp³-hybridized carbons (Fsp3) is 0.429. The Labute approximate surface area is 115 Å². The molecular weight excluding hydrogens is 303 g/mol. The van der Waals surface area contributed by atoms with Crippen LogP contribution in [0.2, 0.25) is 39.3 Å². The van der Waals surface area contributed by atoms with Gasteiger partial charge in [0.15, 0.2) is 0 Å². The van der Waals surface area contributed by atoms with Gasteiger partial charge in [0, 0.05) is 0 Å².